The van der Waals surface area contributed by atoms with Crippen LogP contribution < -0.4 is 11.1 Å². The molecule has 94 valence electrons. The largest absolute Gasteiger partial charge is 0.388 e. The lowest BCUT2D eigenvalue weighted by atomic mass is 10.2. The minimum atomic E-state index is 0.304. The first-order chi connectivity index (χ1) is 8.56. The number of hydrogen-bond donors (Lipinski definition) is 2. The second kappa shape index (κ2) is 5.41. The molecule has 3 N–H and O–H groups in total. The number of thiocarbonyl (C=S) groups is 1. The molecular weight excluding hydrogens is 264 g/mol. The lowest BCUT2D eigenvalue weighted by Gasteiger charge is -2.03. The first kappa shape index (κ1) is 12.9. The van der Waals surface area contributed by atoms with E-state index in [1.165, 1.54) is 0 Å². The van der Waals surface area contributed by atoms with Gasteiger partial charge in [-0.2, -0.15) is 0 Å². The number of aromatic nitrogens is 2. The average Bonchev–Trinajstić information content (AvgIpc) is 2.78. The van der Waals surface area contributed by atoms with Gasteiger partial charge in [0.2, 0.25) is 0 Å². The SMILES string of the molecule is CC(C)c1csc(Nc2ccc(C(N)=S)nc2)n1. The maximum atomic E-state index is 5.49. The van der Waals surface area contributed by atoms with E-state index in [1.54, 1.807) is 23.6 Å². The van der Waals surface area contributed by atoms with Crippen LogP contribution in [0.25, 0.3) is 0 Å². The van der Waals surface area contributed by atoms with Gasteiger partial charge in [0.15, 0.2) is 5.13 Å². The monoisotopic (exact) mass is 278 g/mol. The summed E-state index contributed by atoms with van der Waals surface area (Å²) in [5, 5.41) is 6.13. The van der Waals surface area contributed by atoms with E-state index < -0.39 is 0 Å². The fourth-order valence-electron chi connectivity index (χ4n) is 1.35. The third-order valence-electron chi connectivity index (χ3n) is 2.38. The van der Waals surface area contributed by atoms with Gasteiger partial charge in [-0.3, -0.25) is 4.98 Å². The molecule has 0 atom stereocenters. The molecule has 0 fully saturated rings. The van der Waals surface area contributed by atoms with Gasteiger partial charge in [-0.25, -0.2) is 4.98 Å². The van der Waals surface area contributed by atoms with Gasteiger partial charge in [0.1, 0.15) is 4.99 Å². The zero-order chi connectivity index (χ0) is 13.1. The molecule has 0 saturated carbocycles. The van der Waals surface area contributed by atoms with Gasteiger partial charge in [0.25, 0.3) is 0 Å². The Hall–Kier alpha value is -1.53. The maximum absolute atomic E-state index is 5.49. The number of hydrogen-bond acceptors (Lipinski definition) is 5. The van der Waals surface area contributed by atoms with E-state index in [1.807, 2.05) is 6.07 Å². The van der Waals surface area contributed by atoms with Crippen LogP contribution in [0.1, 0.15) is 31.2 Å². The van der Waals surface area contributed by atoms with Crippen molar-refractivity contribution in [1.82, 2.24) is 9.97 Å². The van der Waals surface area contributed by atoms with Crippen LogP contribution in [0.15, 0.2) is 23.7 Å². The number of nitrogens with zero attached hydrogens (tertiary/aromatic N) is 2. The van der Waals surface area contributed by atoms with Crippen molar-refractivity contribution in [3.63, 3.8) is 0 Å². The second-order valence-corrected chi connectivity index (χ2v) is 5.45. The number of rotatable bonds is 4. The molecule has 2 heterocycles. The minimum Gasteiger partial charge on any atom is -0.388 e. The summed E-state index contributed by atoms with van der Waals surface area (Å²) in [6, 6.07) is 3.68. The van der Waals surface area contributed by atoms with Crippen LogP contribution in [-0.4, -0.2) is 15.0 Å². The van der Waals surface area contributed by atoms with E-state index in [4.69, 9.17) is 18.0 Å². The van der Waals surface area contributed by atoms with Gasteiger partial charge in [0.05, 0.1) is 23.3 Å². The Morgan fingerprint density at radius 3 is 2.72 bits per heavy atom. The fraction of sp³-hybridized carbons (Fsp3) is 0.250. The topological polar surface area (TPSA) is 63.8 Å². The number of nitrogens with one attached hydrogen (secondary N) is 1. The molecule has 0 amide bonds. The van der Waals surface area contributed by atoms with E-state index in [2.05, 4.69) is 34.5 Å². The zero-order valence-corrected chi connectivity index (χ0v) is 11.8. The first-order valence-electron chi connectivity index (χ1n) is 5.54. The summed E-state index contributed by atoms with van der Waals surface area (Å²) in [6.07, 6.45) is 1.70. The van der Waals surface area contributed by atoms with Gasteiger partial charge in [-0.05, 0) is 18.1 Å². The summed E-state index contributed by atoms with van der Waals surface area (Å²) in [7, 11) is 0. The standard InChI is InChI=1S/C12H14N4S2/c1-7(2)10-6-18-12(16-10)15-8-3-4-9(11(13)17)14-5-8/h3-7H,1-2H3,(H2,13,17)(H,15,16). The highest BCUT2D eigenvalue weighted by Gasteiger charge is 2.06. The lowest BCUT2D eigenvalue weighted by molar-refractivity contribution is 0.834. The van der Waals surface area contributed by atoms with Crippen molar-refractivity contribution in [2.24, 2.45) is 5.73 Å². The first-order valence-corrected chi connectivity index (χ1v) is 6.83. The smallest absolute Gasteiger partial charge is 0.187 e. The fourth-order valence-corrected chi connectivity index (χ4v) is 2.36. The van der Waals surface area contributed by atoms with Gasteiger partial charge in [-0.15, -0.1) is 11.3 Å². The normalized spacial score (nSPS) is 10.6. The molecule has 0 radical (unpaired) electrons. The minimum absolute atomic E-state index is 0.304. The average molecular weight is 278 g/mol. The Morgan fingerprint density at radius 2 is 2.22 bits per heavy atom. The zero-order valence-electron chi connectivity index (χ0n) is 10.2. The highest BCUT2D eigenvalue weighted by Crippen LogP contribution is 2.24. The van der Waals surface area contributed by atoms with E-state index in [0.717, 1.165) is 16.5 Å². The molecule has 0 saturated heterocycles. The van der Waals surface area contributed by atoms with Crippen molar-refractivity contribution >= 4 is 39.4 Å². The van der Waals surface area contributed by atoms with Gasteiger partial charge in [0, 0.05) is 5.38 Å². The Kier molecular flexibility index (Phi) is 3.88. The highest BCUT2D eigenvalue weighted by atomic mass is 32.1. The van der Waals surface area contributed by atoms with Crippen LogP contribution in [0.4, 0.5) is 10.8 Å². The van der Waals surface area contributed by atoms with Crippen molar-refractivity contribution in [3.05, 3.63) is 35.1 Å². The van der Waals surface area contributed by atoms with Gasteiger partial charge >= 0.3 is 0 Å². The molecule has 0 aliphatic rings. The molecular formula is C12H14N4S2. The summed E-state index contributed by atoms with van der Waals surface area (Å²) in [5.41, 5.74) is 8.08. The Bertz CT molecular complexity index is 545. The van der Waals surface area contributed by atoms with E-state index in [9.17, 15) is 0 Å². The third-order valence-corrected chi connectivity index (χ3v) is 3.37. The van der Waals surface area contributed by atoms with E-state index in [0.29, 0.717) is 16.6 Å². The highest BCUT2D eigenvalue weighted by molar-refractivity contribution is 7.80. The Morgan fingerprint density at radius 1 is 1.44 bits per heavy atom. The summed E-state index contributed by atoms with van der Waals surface area (Å²) < 4.78 is 0. The summed E-state index contributed by atoms with van der Waals surface area (Å²) in [4.78, 5) is 8.96. The molecule has 2 aromatic heterocycles. The van der Waals surface area contributed by atoms with Gasteiger partial charge < -0.3 is 11.1 Å². The van der Waals surface area contributed by atoms with E-state index in [-0.39, 0.29) is 0 Å². The molecule has 2 rings (SSSR count). The lowest BCUT2D eigenvalue weighted by Crippen LogP contribution is -2.11. The molecule has 0 unspecified atom stereocenters. The van der Waals surface area contributed by atoms with Gasteiger partial charge in [-0.1, -0.05) is 26.1 Å². The third kappa shape index (κ3) is 3.02. The molecule has 0 aliphatic heterocycles. The van der Waals surface area contributed by atoms with Crippen molar-refractivity contribution in [3.8, 4) is 0 Å². The van der Waals surface area contributed by atoms with E-state index >= 15 is 0 Å². The van der Waals surface area contributed by atoms with Crippen molar-refractivity contribution in [2.45, 2.75) is 19.8 Å². The molecule has 0 bridgehead atoms. The van der Waals surface area contributed by atoms with Crippen LogP contribution in [0.2, 0.25) is 0 Å². The van der Waals surface area contributed by atoms with Crippen LogP contribution in [-0.2, 0) is 0 Å². The number of thiazole rings is 1. The van der Waals surface area contributed by atoms with Crippen LogP contribution in [0, 0.1) is 0 Å². The second-order valence-electron chi connectivity index (χ2n) is 4.15. The predicted octanol–water partition coefficient (Wildman–Crippen LogP) is 3.04. The van der Waals surface area contributed by atoms with Crippen molar-refractivity contribution in [1.29, 1.82) is 0 Å². The molecule has 2 aromatic rings. The number of anilines is 2. The van der Waals surface area contributed by atoms with Crippen LogP contribution >= 0.6 is 23.6 Å². The molecule has 0 spiro atoms. The molecule has 18 heavy (non-hydrogen) atoms. The quantitative estimate of drug-likeness (QED) is 0.842. The Labute approximate surface area is 115 Å². The van der Waals surface area contributed by atoms with Crippen LogP contribution in [0.3, 0.4) is 0 Å². The molecule has 0 aliphatic carbocycles. The molecule has 6 heteroatoms. The number of pyridine rings is 1. The van der Waals surface area contributed by atoms with Crippen LogP contribution in [0.5, 0.6) is 0 Å². The summed E-state index contributed by atoms with van der Waals surface area (Å²) in [5.74, 6) is 0.437. The van der Waals surface area contributed by atoms with Crippen molar-refractivity contribution < 1.29 is 0 Å². The molecule has 0 aromatic carbocycles. The summed E-state index contributed by atoms with van der Waals surface area (Å²) >= 11 is 6.43. The number of nitrogens with two attached hydrogens (primary N) is 1. The van der Waals surface area contributed by atoms with Crippen molar-refractivity contribution in [2.75, 3.05) is 5.32 Å². The molecule has 4 nitrogen and oxygen atoms in total. The summed E-state index contributed by atoms with van der Waals surface area (Å²) in [6.45, 7) is 4.24. The predicted molar refractivity (Wildman–Crippen MR) is 79.6 cm³/mol. The maximum Gasteiger partial charge on any atom is 0.187 e. The Balaban J connectivity index is 2.10.